The Morgan fingerprint density at radius 1 is 1.00 bits per heavy atom. The first-order valence-electron chi connectivity index (χ1n) is 9.51. The van der Waals surface area contributed by atoms with Crippen molar-refractivity contribution in [1.82, 2.24) is 0 Å². The number of aryl methyl sites for hydroxylation is 1. The highest BCUT2D eigenvalue weighted by molar-refractivity contribution is 6.10. The lowest BCUT2D eigenvalue weighted by molar-refractivity contribution is -0.118. The van der Waals surface area contributed by atoms with Crippen molar-refractivity contribution in [2.24, 2.45) is 0 Å². The molecule has 0 radical (unpaired) electrons. The number of amides is 2. The number of carbonyl (C=O) groups is 2. The summed E-state index contributed by atoms with van der Waals surface area (Å²) in [6.07, 6.45) is 0. The van der Waals surface area contributed by atoms with E-state index in [0.29, 0.717) is 18.0 Å². The third-order valence-electron chi connectivity index (χ3n) is 5.20. The number of hydrogen-bond donors (Lipinski definition) is 1. The molecule has 2 amide bonds. The number of hydrogen-bond acceptors (Lipinski definition) is 3. The zero-order chi connectivity index (χ0) is 20.4. The zero-order valence-corrected chi connectivity index (χ0v) is 16.4. The molecule has 3 aromatic rings. The van der Waals surface area contributed by atoms with Crippen LogP contribution in [0.25, 0.3) is 0 Å². The first-order valence-corrected chi connectivity index (χ1v) is 9.51. The van der Waals surface area contributed by atoms with Gasteiger partial charge >= 0.3 is 0 Å². The average molecular weight is 386 g/mol. The largest absolute Gasteiger partial charge is 0.483 e. The second-order valence-electron chi connectivity index (χ2n) is 7.13. The van der Waals surface area contributed by atoms with E-state index in [9.17, 15) is 9.59 Å². The quantitative estimate of drug-likeness (QED) is 0.703. The summed E-state index contributed by atoms with van der Waals surface area (Å²) in [6.45, 7) is 4.48. The van der Waals surface area contributed by atoms with E-state index in [-0.39, 0.29) is 18.4 Å². The summed E-state index contributed by atoms with van der Waals surface area (Å²) in [4.78, 5) is 26.5. The summed E-state index contributed by atoms with van der Waals surface area (Å²) >= 11 is 0. The molecule has 1 aliphatic rings. The Kier molecular flexibility index (Phi) is 5.04. The van der Waals surface area contributed by atoms with Gasteiger partial charge in [0.2, 0.25) is 0 Å². The van der Waals surface area contributed by atoms with Crippen molar-refractivity contribution in [2.75, 3.05) is 16.8 Å². The summed E-state index contributed by atoms with van der Waals surface area (Å²) in [5.41, 5.74) is 5.38. The maximum absolute atomic E-state index is 12.6. The fourth-order valence-electron chi connectivity index (χ4n) is 3.41. The number of rotatable bonds is 5. The topological polar surface area (TPSA) is 58.6 Å². The first-order chi connectivity index (χ1) is 14.0. The molecule has 4 rings (SSSR count). The normalized spacial score (nSPS) is 12.6. The van der Waals surface area contributed by atoms with Crippen molar-refractivity contribution in [2.45, 2.75) is 20.4 Å². The molecule has 0 aliphatic carbocycles. The van der Waals surface area contributed by atoms with Crippen LogP contribution in [0, 0.1) is 13.8 Å². The van der Waals surface area contributed by atoms with E-state index in [0.717, 1.165) is 27.9 Å². The third-order valence-corrected chi connectivity index (χ3v) is 5.20. The lowest BCUT2D eigenvalue weighted by atomic mass is 10.1. The highest BCUT2D eigenvalue weighted by Gasteiger charge is 2.27. The van der Waals surface area contributed by atoms with Crippen LogP contribution in [-0.4, -0.2) is 18.4 Å². The molecule has 0 fully saturated rings. The van der Waals surface area contributed by atoms with E-state index in [1.165, 1.54) is 0 Å². The standard InChI is InChI=1S/C24H22N2O3/c1-16-6-5-9-22(17(16)2)29-15-23(27)25-19-10-12-20(13-11-19)26-14-18-7-3-4-8-21(18)24(26)28/h3-13H,14-15H2,1-2H3,(H,25,27). The Bertz CT molecular complexity index is 1070. The monoisotopic (exact) mass is 386 g/mol. The molecular formula is C24H22N2O3. The van der Waals surface area contributed by atoms with Gasteiger partial charge in [-0.1, -0.05) is 30.3 Å². The van der Waals surface area contributed by atoms with Crippen molar-refractivity contribution in [3.05, 3.63) is 89.0 Å². The second kappa shape index (κ2) is 7.80. The number of ether oxygens (including phenoxy) is 1. The van der Waals surface area contributed by atoms with Crippen molar-refractivity contribution in [3.63, 3.8) is 0 Å². The van der Waals surface area contributed by atoms with Gasteiger partial charge in [-0.2, -0.15) is 0 Å². The summed E-state index contributed by atoms with van der Waals surface area (Å²) in [5.74, 6) is 0.477. The Morgan fingerprint density at radius 3 is 2.52 bits per heavy atom. The number of nitrogens with one attached hydrogen (secondary N) is 1. The van der Waals surface area contributed by atoms with Crippen LogP contribution < -0.4 is 15.0 Å². The van der Waals surface area contributed by atoms with Crippen LogP contribution in [-0.2, 0) is 11.3 Å². The van der Waals surface area contributed by atoms with Crippen molar-refractivity contribution >= 4 is 23.2 Å². The smallest absolute Gasteiger partial charge is 0.262 e. The minimum absolute atomic E-state index is 0.000639. The Labute approximate surface area is 169 Å². The van der Waals surface area contributed by atoms with Gasteiger partial charge in [0.15, 0.2) is 6.61 Å². The van der Waals surface area contributed by atoms with Crippen LogP contribution in [0.1, 0.15) is 27.0 Å². The first kappa shape index (κ1) is 18.7. The van der Waals surface area contributed by atoms with E-state index in [1.54, 1.807) is 17.0 Å². The summed E-state index contributed by atoms with van der Waals surface area (Å²) in [6, 6.07) is 20.7. The lowest BCUT2D eigenvalue weighted by Gasteiger charge is -2.16. The van der Waals surface area contributed by atoms with Crippen LogP contribution >= 0.6 is 0 Å². The Hall–Kier alpha value is -3.60. The van der Waals surface area contributed by atoms with Crippen molar-refractivity contribution in [3.8, 4) is 5.75 Å². The molecule has 0 atom stereocenters. The van der Waals surface area contributed by atoms with Crippen LogP contribution in [0.2, 0.25) is 0 Å². The predicted octanol–water partition coefficient (Wildman–Crippen LogP) is 4.48. The SMILES string of the molecule is Cc1cccc(OCC(=O)Nc2ccc(N3Cc4ccccc4C3=O)cc2)c1C. The van der Waals surface area contributed by atoms with Gasteiger partial charge in [0.1, 0.15) is 5.75 Å². The fraction of sp³-hybridized carbons (Fsp3) is 0.167. The van der Waals surface area contributed by atoms with Crippen molar-refractivity contribution < 1.29 is 14.3 Å². The van der Waals surface area contributed by atoms with Crippen LogP contribution in [0.15, 0.2) is 66.7 Å². The van der Waals surface area contributed by atoms with Crippen molar-refractivity contribution in [1.29, 1.82) is 0 Å². The number of nitrogens with zero attached hydrogens (tertiary/aromatic N) is 1. The van der Waals surface area contributed by atoms with Crippen LogP contribution in [0.3, 0.4) is 0 Å². The summed E-state index contributed by atoms with van der Waals surface area (Å²) in [5, 5.41) is 2.83. The van der Waals surface area contributed by atoms with Gasteiger partial charge in [-0.05, 0) is 66.9 Å². The predicted molar refractivity (Wildman–Crippen MR) is 113 cm³/mol. The molecule has 5 nitrogen and oxygen atoms in total. The molecule has 1 heterocycles. The molecule has 1 aliphatic heterocycles. The Balaban J connectivity index is 1.37. The van der Waals surface area contributed by atoms with Crippen LogP contribution in [0.5, 0.6) is 5.75 Å². The van der Waals surface area contributed by atoms with Gasteiger partial charge in [0.25, 0.3) is 11.8 Å². The van der Waals surface area contributed by atoms with E-state index < -0.39 is 0 Å². The van der Waals surface area contributed by atoms with E-state index in [2.05, 4.69) is 5.32 Å². The van der Waals surface area contributed by atoms with Gasteiger partial charge in [0, 0.05) is 16.9 Å². The zero-order valence-electron chi connectivity index (χ0n) is 16.4. The number of benzene rings is 3. The fourth-order valence-corrected chi connectivity index (χ4v) is 3.41. The molecule has 1 N–H and O–H groups in total. The summed E-state index contributed by atoms with van der Waals surface area (Å²) < 4.78 is 5.64. The van der Waals surface area contributed by atoms with Gasteiger partial charge < -0.3 is 15.0 Å². The molecule has 0 unspecified atom stereocenters. The lowest BCUT2D eigenvalue weighted by Crippen LogP contribution is -2.23. The molecule has 0 spiro atoms. The highest BCUT2D eigenvalue weighted by atomic mass is 16.5. The molecule has 5 heteroatoms. The number of anilines is 2. The van der Waals surface area contributed by atoms with E-state index in [4.69, 9.17) is 4.74 Å². The summed E-state index contributed by atoms with van der Waals surface area (Å²) in [7, 11) is 0. The molecule has 0 saturated heterocycles. The number of fused-ring (bicyclic) bond motifs is 1. The van der Waals surface area contributed by atoms with E-state index in [1.807, 2.05) is 68.4 Å². The molecule has 0 saturated carbocycles. The highest BCUT2D eigenvalue weighted by Crippen LogP contribution is 2.29. The maximum Gasteiger partial charge on any atom is 0.262 e. The average Bonchev–Trinajstić information content (AvgIpc) is 3.06. The molecule has 3 aromatic carbocycles. The second-order valence-corrected chi connectivity index (χ2v) is 7.13. The molecule has 29 heavy (non-hydrogen) atoms. The maximum atomic E-state index is 12.6. The minimum Gasteiger partial charge on any atom is -0.483 e. The minimum atomic E-state index is -0.233. The molecule has 0 aromatic heterocycles. The van der Waals surface area contributed by atoms with Crippen LogP contribution in [0.4, 0.5) is 11.4 Å². The molecule has 146 valence electrons. The van der Waals surface area contributed by atoms with Gasteiger partial charge in [-0.15, -0.1) is 0 Å². The van der Waals surface area contributed by atoms with Gasteiger partial charge in [0.05, 0.1) is 6.54 Å². The van der Waals surface area contributed by atoms with Gasteiger partial charge in [-0.3, -0.25) is 9.59 Å². The number of carbonyl (C=O) groups excluding carboxylic acids is 2. The molecule has 0 bridgehead atoms. The third kappa shape index (κ3) is 3.85. The van der Waals surface area contributed by atoms with Gasteiger partial charge in [-0.25, -0.2) is 0 Å². The Morgan fingerprint density at radius 2 is 1.76 bits per heavy atom. The van der Waals surface area contributed by atoms with E-state index >= 15 is 0 Å². The molecular weight excluding hydrogens is 364 g/mol.